The highest BCUT2D eigenvalue weighted by molar-refractivity contribution is 6.48. The summed E-state index contributed by atoms with van der Waals surface area (Å²) in [5.74, 6) is 0.211. The lowest BCUT2D eigenvalue weighted by atomic mass is 9.87. The fourth-order valence-corrected chi connectivity index (χ4v) is 3.26. The molecule has 0 saturated heterocycles. The Kier molecular flexibility index (Phi) is 5.89. The van der Waals surface area contributed by atoms with Gasteiger partial charge in [0.05, 0.1) is 12.3 Å². The van der Waals surface area contributed by atoms with Gasteiger partial charge in [-0.15, -0.1) is 0 Å². The number of rotatable bonds is 8. The van der Waals surface area contributed by atoms with E-state index in [-0.39, 0.29) is 17.5 Å². The van der Waals surface area contributed by atoms with Gasteiger partial charge in [-0.05, 0) is 18.5 Å². The normalized spacial score (nSPS) is 13.2. The molecule has 1 amide bonds. The maximum absolute atomic E-state index is 10.5. The summed E-state index contributed by atoms with van der Waals surface area (Å²) in [6, 6.07) is 0. The average molecular weight is 350 g/mol. The van der Waals surface area contributed by atoms with Crippen LogP contribution < -0.4 is 10.2 Å². The Morgan fingerprint density at radius 3 is 2.75 bits per heavy atom. The number of imidazole rings is 1. The molecular weight excluding hydrogens is 326 g/mol. The smallest absolute Gasteiger partial charge is 0.231 e. The SMILES string of the molecule is C[Si](C)OC(CCOn1cnc2cnc(NC=O)nc21)C(C)(C)C. The van der Waals surface area contributed by atoms with Crippen LogP contribution in [-0.2, 0) is 9.22 Å². The third-order valence-corrected chi connectivity index (χ3v) is 4.16. The molecule has 2 aromatic rings. The average Bonchev–Trinajstić information content (AvgIpc) is 2.88. The largest absolute Gasteiger partial charge is 0.414 e. The van der Waals surface area contributed by atoms with Crippen LogP contribution in [0.5, 0.6) is 0 Å². The summed E-state index contributed by atoms with van der Waals surface area (Å²) >= 11 is 0. The molecule has 0 aliphatic rings. The van der Waals surface area contributed by atoms with Crippen LogP contribution >= 0.6 is 0 Å². The number of hydrogen-bond donors (Lipinski definition) is 1. The molecule has 0 fully saturated rings. The van der Waals surface area contributed by atoms with Gasteiger partial charge in [0.2, 0.25) is 27.0 Å². The van der Waals surface area contributed by atoms with E-state index in [4.69, 9.17) is 9.26 Å². The van der Waals surface area contributed by atoms with Gasteiger partial charge in [-0.2, -0.15) is 9.71 Å². The van der Waals surface area contributed by atoms with Gasteiger partial charge in [-0.25, -0.2) is 9.97 Å². The van der Waals surface area contributed by atoms with E-state index in [2.05, 4.69) is 54.1 Å². The quantitative estimate of drug-likeness (QED) is 0.577. The van der Waals surface area contributed by atoms with Crippen molar-refractivity contribution in [3.8, 4) is 0 Å². The number of carbonyl (C=O) groups is 1. The van der Waals surface area contributed by atoms with Crippen LogP contribution in [0, 0.1) is 5.41 Å². The molecule has 1 atom stereocenters. The molecule has 0 aliphatic carbocycles. The van der Waals surface area contributed by atoms with Crippen molar-refractivity contribution in [2.45, 2.75) is 46.4 Å². The number of nitrogens with one attached hydrogen (secondary N) is 1. The van der Waals surface area contributed by atoms with Crippen molar-refractivity contribution in [1.29, 1.82) is 0 Å². The summed E-state index contributed by atoms with van der Waals surface area (Å²) < 4.78 is 7.59. The number of hydrogen-bond acceptors (Lipinski definition) is 6. The van der Waals surface area contributed by atoms with E-state index >= 15 is 0 Å². The Morgan fingerprint density at radius 2 is 2.12 bits per heavy atom. The van der Waals surface area contributed by atoms with Gasteiger partial charge in [-0.3, -0.25) is 10.1 Å². The van der Waals surface area contributed by atoms with Gasteiger partial charge in [0.1, 0.15) is 18.5 Å². The Hall–Kier alpha value is -2.00. The lowest BCUT2D eigenvalue weighted by molar-refractivity contribution is -0.105. The van der Waals surface area contributed by atoms with Crippen LogP contribution in [-0.4, -0.2) is 47.8 Å². The monoisotopic (exact) mass is 350 g/mol. The summed E-state index contributed by atoms with van der Waals surface area (Å²) in [6.07, 6.45) is 4.51. The first-order valence-corrected chi connectivity index (χ1v) is 10.2. The maximum Gasteiger partial charge on any atom is 0.231 e. The highest BCUT2D eigenvalue weighted by Gasteiger charge is 2.26. The minimum Gasteiger partial charge on any atom is -0.414 e. The molecule has 131 valence electrons. The first-order valence-electron chi connectivity index (χ1n) is 7.81. The van der Waals surface area contributed by atoms with Gasteiger partial charge >= 0.3 is 0 Å². The summed E-state index contributed by atoms with van der Waals surface area (Å²) in [6.45, 7) is 11.2. The van der Waals surface area contributed by atoms with Crippen molar-refractivity contribution in [1.82, 2.24) is 19.7 Å². The van der Waals surface area contributed by atoms with E-state index < -0.39 is 9.04 Å². The van der Waals surface area contributed by atoms with Crippen LogP contribution in [0.4, 0.5) is 5.95 Å². The van der Waals surface area contributed by atoms with Crippen LogP contribution in [0.15, 0.2) is 12.5 Å². The van der Waals surface area contributed by atoms with E-state index in [0.717, 1.165) is 6.42 Å². The van der Waals surface area contributed by atoms with E-state index in [0.29, 0.717) is 24.2 Å². The van der Waals surface area contributed by atoms with Crippen LogP contribution in [0.25, 0.3) is 11.2 Å². The number of carbonyl (C=O) groups excluding carboxylic acids is 1. The molecule has 0 aliphatic heterocycles. The zero-order valence-electron chi connectivity index (χ0n) is 14.7. The zero-order chi connectivity index (χ0) is 17.7. The molecule has 1 N–H and O–H groups in total. The standard InChI is InChI=1S/C15H24N5O3Si/c1-15(2,3)12(23-24(4)5)6-7-22-20-9-17-11-8-16-14(18-10-21)19-13(11)20/h8-10,12H,6-7H2,1-5H3,(H,16,18,19,21). The van der Waals surface area contributed by atoms with Gasteiger partial charge in [-0.1, -0.05) is 20.8 Å². The second kappa shape index (κ2) is 7.71. The molecule has 0 saturated carbocycles. The van der Waals surface area contributed by atoms with Crippen molar-refractivity contribution in [3.63, 3.8) is 0 Å². The van der Waals surface area contributed by atoms with E-state index in [1.165, 1.54) is 10.9 Å². The topological polar surface area (TPSA) is 91.2 Å². The first-order chi connectivity index (χ1) is 11.3. The Morgan fingerprint density at radius 1 is 1.38 bits per heavy atom. The molecule has 2 heterocycles. The number of fused-ring (bicyclic) bond motifs is 1. The first kappa shape index (κ1) is 18.3. The predicted octanol–water partition coefficient (Wildman–Crippen LogP) is 1.90. The van der Waals surface area contributed by atoms with Crippen molar-refractivity contribution < 1.29 is 14.1 Å². The van der Waals surface area contributed by atoms with E-state index in [9.17, 15) is 4.79 Å². The van der Waals surface area contributed by atoms with Gasteiger partial charge < -0.3 is 9.26 Å². The number of amides is 1. The predicted molar refractivity (Wildman–Crippen MR) is 92.9 cm³/mol. The Labute approximate surface area is 143 Å². The Bertz CT molecular complexity index is 683. The molecule has 8 nitrogen and oxygen atoms in total. The lowest BCUT2D eigenvalue weighted by Crippen LogP contribution is -2.35. The highest BCUT2D eigenvalue weighted by Crippen LogP contribution is 2.25. The molecule has 0 bridgehead atoms. The van der Waals surface area contributed by atoms with E-state index in [1.54, 1.807) is 6.33 Å². The minimum absolute atomic E-state index is 0.0471. The third-order valence-electron chi connectivity index (χ3n) is 3.40. The van der Waals surface area contributed by atoms with Crippen molar-refractivity contribution >= 4 is 32.6 Å². The molecular formula is C15H24N5O3Si. The summed E-state index contributed by atoms with van der Waals surface area (Å²) in [7, 11) is -0.782. The minimum atomic E-state index is -0.782. The molecule has 2 aromatic heterocycles. The Balaban J connectivity index is 2.04. The van der Waals surface area contributed by atoms with E-state index in [1.807, 2.05) is 0 Å². The van der Waals surface area contributed by atoms with Gasteiger partial charge in [0.25, 0.3) is 0 Å². The van der Waals surface area contributed by atoms with Crippen LogP contribution in [0.2, 0.25) is 13.1 Å². The van der Waals surface area contributed by atoms with Crippen molar-refractivity contribution in [2.75, 3.05) is 11.9 Å². The fourth-order valence-electron chi connectivity index (χ4n) is 2.22. The third kappa shape index (κ3) is 4.75. The second-order valence-corrected chi connectivity index (χ2v) is 8.79. The second-order valence-electron chi connectivity index (χ2n) is 6.74. The number of aromatic nitrogens is 4. The van der Waals surface area contributed by atoms with Crippen molar-refractivity contribution in [2.24, 2.45) is 5.41 Å². The van der Waals surface area contributed by atoms with Crippen LogP contribution in [0.1, 0.15) is 27.2 Å². The van der Waals surface area contributed by atoms with Gasteiger partial charge in [0.15, 0.2) is 0 Å². The molecule has 1 unspecified atom stereocenters. The van der Waals surface area contributed by atoms with Gasteiger partial charge in [0, 0.05) is 6.42 Å². The molecule has 2 rings (SSSR count). The molecule has 0 spiro atoms. The van der Waals surface area contributed by atoms with Crippen LogP contribution in [0.3, 0.4) is 0 Å². The number of nitrogens with zero attached hydrogens (tertiary/aromatic N) is 4. The summed E-state index contributed by atoms with van der Waals surface area (Å²) in [5, 5.41) is 2.42. The molecule has 9 heteroatoms. The highest BCUT2D eigenvalue weighted by atomic mass is 28.3. The maximum atomic E-state index is 10.5. The molecule has 0 aromatic carbocycles. The molecule has 24 heavy (non-hydrogen) atoms. The zero-order valence-corrected chi connectivity index (χ0v) is 15.7. The number of anilines is 1. The summed E-state index contributed by atoms with van der Waals surface area (Å²) in [4.78, 5) is 28.7. The summed E-state index contributed by atoms with van der Waals surface area (Å²) in [5.41, 5.74) is 1.16. The van der Waals surface area contributed by atoms with Crippen molar-refractivity contribution in [3.05, 3.63) is 12.5 Å². The fraction of sp³-hybridized carbons (Fsp3) is 0.600. The molecule has 1 radical (unpaired) electrons. The lowest BCUT2D eigenvalue weighted by Gasteiger charge is -2.32.